The van der Waals surface area contributed by atoms with Gasteiger partial charge in [-0.25, -0.2) is 10.4 Å². The third-order valence-corrected chi connectivity index (χ3v) is 6.06. The highest BCUT2D eigenvalue weighted by Gasteiger charge is 2.39. The third-order valence-electron chi connectivity index (χ3n) is 6.06. The predicted molar refractivity (Wildman–Crippen MR) is 129 cm³/mol. The monoisotopic (exact) mass is 456 g/mol. The minimum atomic E-state index is -0.518. The van der Waals surface area contributed by atoms with Gasteiger partial charge in [-0.05, 0) is 17.7 Å². The number of rotatable bonds is 5. The molecule has 1 aromatic heterocycles. The van der Waals surface area contributed by atoms with Crippen LogP contribution in [0.25, 0.3) is 11.3 Å². The Hall–Kier alpha value is -4.00. The van der Waals surface area contributed by atoms with Crippen molar-refractivity contribution in [2.45, 2.75) is 18.6 Å². The van der Waals surface area contributed by atoms with Crippen molar-refractivity contribution in [1.82, 2.24) is 9.97 Å². The van der Waals surface area contributed by atoms with Crippen LogP contribution < -0.4 is 15.9 Å². The molecule has 2 aromatic carbocycles. The molecule has 0 radical (unpaired) electrons. The lowest BCUT2D eigenvalue weighted by atomic mass is 10.0. The van der Waals surface area contributed by atoms with Gasteiger partial charge < -0.3 is 14.4 Å². The van der Waals surface area contributed by atoms with Crippen LogP contribution in [0.2, 0.25) is 0 Å². The number of aromatic amines is 1. The lowest BCUT2D eigenvalue weighted by molar-refractivity contribution is -0.169. The number of H-pyrrole nitrogens is 1. The first-order chi connectivity index (χ1) is 16.7. The minimum absolute atomic E-state index is 0.0361. The Kier molecular flexibility index (Phi) is 6.08. The van der Waals surface area contributed by atoms with Gasteiger partial charge in [0.1, 0.15) is 11.6 Å². The first kappa shape index (κ1) is 21.8. The Morgan fingerprint density at radius 2 is 1.79 bits per heavy atom. The molecule has 0 bridgehead atoms. The molecule has 9 nitrogen and oxygen atoms in total. The lowest BCUT2D eigenvalue weighted by Gasteiger charge is -2.38. The molecular weight excluding hydrogens is 432 g/mol. The van der Waals surface area contributed by atoms with Crippen LogP contribution in [0, 0.1) is 11.3 Å². The fourth-order valence-electron chi connectivity index (χ4n) is 4.27. The maximum absolute atomic E-state index is 12.3. The van der Waals surface area contributed by atoms with E-state index in [9.17, 15) is 10.1 Å². The summed E-state index contributed by atoms with van der Waals surface area (Å²) in [5.41, 5.74) is 5.23. The smallest absolute Gasteiger partial charge is 0.270 e. The molecule has 3 aromatic rings. The first-order valence-corrected chi connectivity index (χ1v) is 11.2. The van der Waals surface area contributed by atoms with Crippen LogP contribution in [-0.4, -0.2) is 48.3 Å². The molecule has 0 aliphatic carbocycles. The van der Waals surface area contributed by atoms with Crippen LogP contribution in [0.1, 0.15) is 24.0 Å². The average Bonchev–Trinajstić information content (AvgIpc) is 3.33. The van der Waals surface area contributed by atoms with E-state index in [2.05, 4.69) is 37.5 Å². The molecule has 172 valence electrons. The van der Waals surface area contributed by atoms with Crippen molar-refractivity contribution in [2.75, 3.05) is 36.6 Å². The van der Waals surface area contributed by atoms with Crippen molar-refractivity contribution < 1.29 is 9.47 Å². The van der Waals surface area contributed by atoms with Gasteiger partial charge in [0.2, 0.25) is 5.95 Å². The van der Waals surface area contributed by atoms with E-state index < -0.39 is 5.56 Å². The third kappa shape index (κ3) is 4.55. The standard InChI is InChI=1S/C25H24N6O3/c26-16-21-22(19-4-2-1-3-5-19)28-24(29-23(21)32)30-27-17-18-6-8-20(9-7-18)31-12-10-25(11-13-31)33-14-15-34-25/h1-9,17H,10-15H2,(H2,28,29,30,32). The van der Waals surface area contributed by atoms with Gasteiger partial charge in [0, 0.05) is 37.2 Å². The van der Waals surface area contributed by atoms with Crippen molar-refractivity contribution in [2.24, 2.45) is 5.10 Å². The molecule has 9 heteroatoms. The molecule has 5 rings (SSSR count). The summed E-state index contributed by atoms with van der Waals surface area (Å²) in [5, 5.41) is 13.6. The molecule has 2 N–H and O–H groups in total. The Labute approximate surface area is 196 Å². The van der Waals surface area contributed by atoms with Crippen molar-refractivity contribution in [3.63, 3.8) is 0 Å². The molecule has 2 aliphatic rings. The largest absolute Gasteiger partial charge is 0.371 e. The van der Waals surface area contributed by atoms with Crippen molar-refractivity contribution in [1.29, 1.82) is 5.26 Å². The SMILES string of the molecule is N#Cc1c(-c2ccccc2)nc(NN=Cc2ccc(N3CCC4(CC3)OCCO4)cc2)[nH]c1=O. The Bertz CT molecular complexity index is 1260. The number of aromatic nitrogens is 2. The number of nitrogens with zero attached hydrogens (tertiary/aromatic N) is 4. The second-order valence-electron chi connectivity index (χ2n) is 8.17. The van der Waals surface area contributed by atoms with Gasteiger partial charge in [-0.2, -0.15) is 10.4 Å². The number of hydrogen-bond acceptors (Lipinski definition) is 8. The van der Waals surface area contributed by atoms with Crippen molar-refractivity contribution >= 4 is 17.9 Å². The normalized spacial score (nSPS) is 17.2. The Balaban J connectivity index is 1.24. The fourth-order valence-corrected chi connectivity index (χ4v) is 4.27. The van der Waals surface area contributed by atoms with Crippen LogP contribution in [0.3, 0.4) is 0 Å². The summed E-state index contributed by atoms with van der Waals surface area (Å²) >= 11 is 0. The van der Waals surface area contributed by atoms with Gasteiger partial charge in [0.25, 0.3) is 5.56 Å². The van der Waals surface area contributed by atoms with E-state index >= 15 is 0 Å². The van der Waals surface area contributed by atoms with E-state index in [-0.39, 0.29) is 17.3 Å². The quantitative estimate of drug-likeness (QED) is 0.448. The maximum Gasteiger partial charge on any atom is 0.270 e. The van der Waals surface area contributed by atoms with E-state index in [1.807, 2.05) is 36.4 Å². The maximum atomic E-state index is 12.3. The molecule has 2 aliphatic heterocycles. The summed E-state index contributed by atoms with van der Waals surface area (Å²) in [6.07, 6.45) is 3.37. The van der Waals surface area contributed by atoms with Gasteiger partial charge in [0.15, 0.2) is 5.79 Å². The van der Waals surface area contributed by atoms with Crippen LogP contribution in [0.4, 0.5) is 11.6 Å². The number of nitriles is 1. The number of ether oxygens (including phenoxy) is 2. The highest BCUT2D eigenvalue weighted by atomic mass is 16.7. The molecule has 1 spiro atoms. The summed E-state index contributed by atoms with van der Waals surface area (Å²) < 4.78 is 11.6. The molecule has 0 atom stereocenters. The van der Waals surface area contributed by atoms with Crippen molar-refractivity contribution in [3.8, 4) is 17.3 Å². The zero-order valence-electron chi connectivity index (χ0n) is 18.5. The zero-order chi connectivity index (χ0) is 23.4. The molecule has 2 saturated heterocycles. The number of benzene rings is 2. The molecular formula is C25H24N6O3. The summed E-state index contributed by atoms with van der Waals surface area (Å²) in [5.74, 6) is -0.218. The zero-order valence-corrected chi connectivity index (χ0v) is 18.5. The van der Waals surface area contributed by atoms with Crippen LogP contribution in [-0.2, 0) is 9.47 Å². The van der Waals surface area contributed by atoms with E-state index in [0.29, 0.717) is 24.5 Å². The van der Waals surface area contributed by atoms with Crippen LogP contribution in [0.15, 0.2) is 64.5 Å². The van der Waals surface area contributed by atoms with E-state index in [1.54, 1.807) is 18.3 Å². The molecule has 0 amide bonds. The number of hydrazone groups is 1. The molecule has 2 fully saturated rings. The van der Waals surface area contributed by atoms with Gasteiger partial charge in [0.05, 0.1) is 25.1 Å². The van der Waals surface area contributed by atoms with Crippen molar-refractivity contribution in [3.05, 3.63) is 76.1 Å². The fraction of sp³-hybridized carbons (Fsp3) is 0.280. The van der Waals surface area contributed by atoms with Gasteiger partial charge in [-0.3, -0.25) is 9.78 Å². The summed E-state index contributed by atoms with van der Waals surface area (Å²) in [4.78, 5) is 21.6. The van der Waals surface area contributed by atoms with Gasteiger partial charge >= 0.3 is 0 Å². The van der Waals surface area contributed by atoms with E-state index in [1.165, 1.54) is 0 Å². The van der Waals surface area contributed by atoms with Gasteiger partial charge in [-0.15, -0.1) is 0 Å². The Morgan fingerprint density at radius 1 is 1.09 bits per heavy atom. The summed E-state index contributed by atoms with van der Waals surface area (Å²) in [6, 6.07) is 19.1. The first-order valence-electron chi connectivity index (χ1n) is 11.2. The van der Waals surface area contributed by atoms with E-state index in [4.69, 9.17) is 9.47 Å². The topological polar surface area (TPSA) is 116 Å². The average molecular weight is 457 g/mol. The molecule has 0 unspecified atom stereocenters. The highest BCUT2D eigenvalue weighted by Crippen LogP contribution is 2.33. The predicted octanol–water partition coefficient (Wildman–Crippen LogP) is 3.10. The number of piperidine rings is 1. The highest BCUT2D eigenvalue weighted by molar-refractivity contribution is 5.81. The second-order valence-corrected chi connectivity index (χ2v) is 8.17. The second kappa shape index (κ2) is 9.47. The molecule has 0 saturated carbocycles. The number of hydrogen-bond donors (Lipinski definition) is 2. The summed E-state index contributed by atoms with van der Waals surface area (Å²) in [7, 11) is 0. The molecule has 3 heterocycles. The van der Waals surface area contributed by atoms with Crippen LogP contribution in [0.5, 0.6) is 0 Å². The lowest BCUT2D eigenvalue weighted by Crippen LogP contribution is -2.45. The minimum Gasteiger partial charge on any atom is -0.371 e. The number of anilines is 2. The number of nitrogens with one attached hydrogen (secondary N) is 2. The molecule has 34 heavy (non-hydrogen) atoms. The van der Waals surface area contributed by atoms with Gasteiger partial charge in [-0.1, -0.05) is 42.5 Å². The van der Waals surface area contributed by atoms with Crippen LogP contribution >= 0.6 is 0 Å². The Morgan fingerprint density at radius 3 is 2.47 bits per heavy atom. The van der Waals surface area contributed by atoms with E-state index in [0.717, 1.165) is 37.2 Å². The summed E-state index contributed by atoms with van der Waals surface area (Å²) in [6.45, 7) is 3.13.